The zero-order valence-corrected chi connectivity index (χ0v) is 18.1. The summed E-state index contributed by atoms with van der Waals surface area (Å²) < 4.78 is 32.3. The Labute approximate surface area is 176 Å². The van der Waals surface area contributed by atoms with Crippen LogP contribution >= 0.6 is 0 Å². The Morgan fingerprint density at radius 3 is 2.63 bits per heavy atom. The van der Waals surface area contributed by atoms with Crippen molar-refractivity contribution in [3.05, 3.63) is 46.7 Å². The Morgan fingerprint density at radius 2 is 2.00 bits per heavy atom. The number of aryl methyl sites for hydroxylation is 1. The van der Waals surface area contributed by atoms with Crippen LogP contribution in [0.1, 0.15) is 61.8 Å². The van der Waals surface area contributed by atoms with Gasteiger partial charge in [-0.15, -0.1) is 0 Å². The molecule has 2 aliphatic carbocycles. The molecule has 0 bridgehead atoms. The fraction of sp³-hybridized carbons (Fsp3) is 0.500. The van der Waals surface area contributed by atoms with Crippen molar-refractivity contribution in [2.75, 3.05) is 5.32 Å². The summed E-state index contributed by atoms with van der Waals surface area (Å²) in [6.07, 6.45) is 8.58. The van der Waals surface area contributed by atoms with E-state index in [4.69, 9.17) is 4.42 Å². The first-order valence-electron chi connectivity index (χ1n) is 10.4. The van der Waals surface area contributed by atoms with Crippen molar-refractivity contribution in [1.82, 2.24) is 4.72 Å². The highest BCUT2D eigenvalue weighted by atomic mass is 32.2. The SMILES string of the molecule is CC(C)(O)c1coc(S(=O)(=O)NC(=O)Nc2c(CC3CCC3)ccc3c2CCC3)c1. The molecule has 162 valence electrons. The van der Waals surface area contributed by atoms with Gasteiger partial charge in [0.15, 0.2) is 0 Å². The Balaban J connectivity index is 1.53. The van der Waals surface area contributed by atoms with Crippen LogP contribution in [-0.4, -0.2) is 19.6 Å². The van der Waals surface area contributed by atoms with E-state index in [0.717, 1.165) is 42.5 Å². The van der Waals surface area contributed by atoms with Crippen LogP contribution < -0.4 is 10.0 Å². The summed E-state index contributed by atoms with van der Waals surface area (Å²) in [5, 5.41) is 12.4. The number of rotatable bonds is 6. The van der Waals surface area contributed by atoms with Crippen molar-refractivity contribution in [3.63, 3.8) is 0 Å². The lowest BCUT2D eigenvalue weighted by Gasteiger charge is -2.27. The van der Waals surface area contributed by atoms with Gasteiger partial charge in [-0.3, -0.25) is 0 Å². The molecule has 1 aromatic carbocycles. The number of anilines is 1. The van der Waals surface area contributed by atoms with Crippen LogP contribution in [0.4, 0.5) is 10.5 Å². The summed E-state index contributed by atoms with van der Waals surface area (Å²) in [6, 6.07) is 4.61. The van der Waals surface area contributed by atoms with E-state index in [2.05, 4.69) is 17.4 Å². The van der Waals surface area contributed by atoms with Gasteiger partial charge < -0.3 is 14.8 Å². The molecule has 0 aliphatic heterocycles. The number of sulfonamides is 1. The van der Waals surface area contributed by atoms with Gasteiger partial charge in [-0.2, -0.15) is 8.42 Å². The van der Waals surface area contributed by atoms with Gasteiger partial charge in [-0.05, 0) is 62.1 Å². The van der Waals surface area contributed by atoms with Gasteiger partial charge >= 0.3 is 6.03 Å². The number of nitrogens with one attached hydrogen (secondary N) is 2. The number of hydrogen-bond acceptors (Lipinski definition) is 5. The van der Waals surface area contributed by atoms with E-state index in [1.165, 1.54) is 51.0 Å². The molecule has 0 spiro atoms. The number of furan rings is 1. The first kappa shape index (κ1) is 20.9. The van der Waals surface area contributed by atoms with Gasteiger partial charge in [0.05, 0.1) is 11.9 Å². The number of hydrogen-bond donors (Lipinski definition) is 3. The Hall–Kier alpha value is -2.32. The molecule has 4 rings (SSSR count). The summed E-state index contributed by atoms with van der Waals surface area (Å²) in [7, 11) is -4.20. The lowest BCUT2D eigenvalue weighted by Crippen LogP contribution is -2.35. The predicted molar refractivity (Wildman–Crippen MR) is 113 cm³/mol. The average molecular weight is 433 g/mol. The van der Waals surface area contributed by atoms with Crippen LogP contribution in [0.15, 0.2) is 34.0 Å². The quantitative estimate of drug-likeness (QED) is 0.642. The summed E-state index contributed by atoms with van der Waals surface area (Å²) in [5.74, 6) is 0.625. The molecule has 0 atom stereocenters. The first-order valence-corrected chi connectivity index (χ1v) is 11.9. The topological polar surface area (TPSA) is 109 Å². The summed E-state index contributed by atoms with van der Waals surface area (Å²) in [6.45, 7) is 3.04. The minimum atomic E-state index is -4.20. The number of carbonyl (C=O) groups excluding carboxylic acids is 1. The molecule has 3 N–H and O–H groups in total. The van der Waals surface area contributed by atoms with E-state index in [9.17, 15) is 18.3 Å². The molecule has 1 saturated carbocycles. The molecule has 0 unspecified atom stereocenters. The maximum Gasteiger partial charge on any atom is 0.333 e. The first-order chi connectivity index (χ1) is 14.1. The second kappa shape index (κ2) is 7.74. The molecule has 2 aliphatic rings. The van der Waals surface area contributed by atoms with E-state index in [-0.39, 0.29) is 0 Å². The van der Waals surface area contributed by atoms with Gasteiger partial charge in [0.25, 0.3) is 10.0 Å². The van der Waals surface area contributed by atoms with Gasteiger partial charge in [0, 0.05) is 17.3 Å². The summed E-state index contributed by atoms with van der Waals surface area (Å²) in [5.41, 5.74) is 3.21. The van der Waals surface area contributed by atoms with Gasteiger partial charge in [0.1, 0.15) is 0 Å². The lowest BCUT2D eigenvalue weighted by molar-refractivity contribution is 0.0779. The molecule has 7 nitrogen and oxygen atoms in total. The van der Waals surface area contributed by atoms with Crippen molar-refractivity contribution < 1.29 is 22.7 Å². The maximum atomic E-state index is 12.6. The van der Waals surface area contributed by atoms with Crippen LogP contribution in [0.5, 0.6) is 0 Å². The van der Waals surface area contributed by atoms with Crippen LogP contribution in [0.25, 0.3) is 0 Å². The van der Waals surface area contributed by atoms with E-state index in [1.54, 1.807) is 0 Å². The number of amides is 2. The Kier molecular flexibility index (Phi) is 5.40. The van der Waals surface area contributed by atoms with E-state index < -0.39 is 26.7 Å². The fourth-order valence-corrected chi connectivity index (χ4v) is 4.99. The standard InChI is InChI=1S/C22H28N2O5S/c1-22(2,26)17-12-19(29-13-17)30(27,28)24-21(25)23-20-16(11-14-5-3-6-14)10-9-15-7-4-8-18(15)20/h9-10,12-14,26H,3-8,11H2,1-2H3,(H2,23,24,25). The summed E-state index contributed by atoms with van der Waals surface area (Å²) in [4.78, 5) is 12.6. The van der Waals surface area contributed by atoms with Crippen molar-refractivity contribution in [2.24, 2.45) is 5.92 Å². The van der Waals surface area contributed by atoms with Crippen molar-refractivity contribution in [3.8, 4) is 0 Å². The normalized spacial score (nSPS) is 16.8. The number of benzene rings is 1. The monoisotopic (exact) mass is 432 g/mol. The van der Waals surface area contributed by atoms with Crippen molar-refractivity contribution >= 4 is 21.7 Å². The third-order valence-electron chi connectivity index (χ3n) is 6.11. The molecule has 1 aromatic heterocycles. The second-order valence-electron chi connectivity index (χ2n) is 8.87. The largest absolute Gasteiger partial charge is 0.451 e. The highest BCUT2D eigenvalue weighted by Gasteiger charge is 2.28. The molecule has 2 aromatic rings. The Bertz CT molecular complexity index is 1060. The molecule has 2 amide bonds. The fourth-order valence-electron chi connectivity index (χ4n) is 4.14. The van der Waals surface area contributed by atoms with E-state index in [0.29, 0.717) is 11.5 Å². The number of fused-ring (bicyclic) bond motifs is 1. The molecule has 1 fully saturated rings. The predicted octanol–water partition coefficient (Wildman–Crippen LogP) is 3.85. The molecular formula is C22H28N2O5S. The van der Waals surface area contributed by atoms with Crippen molar-refractivity contribution in [2.45, 2.75) is 69.5 Å². The van der Waals surface area contributed by atoms with Crippen molar-refractivity contribution in [1.29, 1.82) is 0 Å². The molecule has 30 heavy (non-hydrogen) atoms. The third kappa shape index (κ3) is 4.25. The highest BCUT2D eigenvalue weighted by molar-refractivity contribution is 7.89. The lowest BCUT2D eigenvalue weighted by atomic mass is 9.80. The summed E-state index contributed by atoms with van der Waals surface area (Å²) >= 11 is 0. The van der Waals surface area contributed by atoms with E-state index in [1.807, 2.05) is 4.72 Å². The minimum absolute atomic E-state index is 0.312. The molecular weight excluding hydrogens is 404 g/mol. The average Bonchev–Trinajstić information content (AvgIpc) is 3.28. The van der Waals surface area contributed by atoms with Gasteiger partial charge in [-0.1, -0.05) is 31.4 Å². The Morgan fingerprint density at radius 1 is 1.23 bits per heavy atom. The minimum Gasteiger partial charge on any atom is -0.451 e. The van der Waals surface area contributed by atoms with E-state index >= 15 is 0 Å². The maximum absolute atomic E-state index is 12.6. The van der Waals surface area contributed by atoms with Crippen LogP contribution in [-0.2, 0) is 34.9 Å². The second-order valence-corrected chi connectivity index (χ2v) is 10.5. The smallest absolute Gasteiger partial charge is 0.333 e. The van der Waals surface area contributed by atoms with Crippen LogP contribution in [0, 0.1) is 5.92 Å². The third-order valence-corrected chi connectivity index (χ3v) is 7.31. The zero-order valence-electron chi connectivity index (χ0n) is 17.3. The van der Waals surface area contributed by atoms with Gasteiger partial charge in [0.2, 0.25) is 5.09 Å². The molecule has 8 heteroatoms. The van der Waals surface area contributed by atoms with Gasteiger partial charge in [-0.25, -0.2) is 9.52 Å². The molecule has 0 radical (unpaired) electrons. The number of aliphatic hydroxyl groups is 1. The number of urea groups is 1. The van der Waals surface area contributed by atoms with Crippen LogP contribution in [0.2, 0.25) is 0 Å². The molecule has 0 saturated heterocycles. The highest BCUT2D eigenvalue weighted by Crippen LogP contribution is 2.37. The molecule has 1 heterocycles. The zero-order chi connectivity index (χ0) is 21.5. The van der Waals surface area contributed by atoms with Crippen LogP contribution in [0.3, 0.4) is 0 Å². The number of carbonyl (C=O) groups is 1.